The summed E-state index contributed by atoms with van der Waals surface area (Å²) in [7, 11) is 0. The van der Waals surface area contributed by atoms with Crippen molar-refractivity contribution in [1.82, 2.24) is 4.90 Å². The predicted octanol–water partition coefficient (Wildman–Crippen LogP) is 3.55. The van der Waals surface area contributed by atoms with E-state index in [1.54, 1.807) is 0 Å². The molecule has 3 unspecified atom stereocenters. The first-order valence-corrected chi connectivity index (χ1v) is 8.50. The minimum absolute atomic E-state index is 0.436. The molecule has 1 aromatic rings. The Labute approximate surface area is 122 Å². The molecule has 0 bridgehead atoms. The van der Waals surface area contributed by atoms with Gasteiger partial charge in [0.15, 0.2) is 0 Å². The number of hydrogen-bond acceptors (Lipinski definition) is 3. The van der Waals surface area contributed by atoms with Gasteiger partial charge in [-0.25, -0.2) is 0 Å². The molecular formula is C14H21BrN2S. The van der Waals surface area contributed by atoms with E-state index in [1.165, 1.54) is 46.6 Å². The molecule has 1 saturated carbocycles. The Morgan fingerprint density at radius 3 is 2.61 bits per heavy atom. The minimum atomic E-state index is 0.436. The second-order valence-corrected chi connectivity index (χ2v) is 7.85. The lowest BCUT2D eigenvalue weighted by Gasteiger charge is -2.26. The number of rotatable bonds is 3. The first-order valence-electron chi connectivity index (χ1n) is 6.89. The topological polar surface area (TPSA) is 29.3 Å². The maximum Gasteiger partial charge on any atom is 0.0565 e. The number of aryl methyl sites for hydroxylation is 1. The van der Waals surface area contributed by atoms with E-state index in [0.717, 1.165) is 18.4 Å². The molecule has 2 fully saturated rings. The number of thiophene rings is 1. The van der Waals surface area contributed by atoms with Crippen LogP contribution in [0.3, 0.4) is 0 Å². The third-order valence-corrected chi connectivity index (χ3v) is 6.86. The standard InChI is InChI=1S/C14H21BrN2S/c1-9-12(15)5-14(18-9)13(6-16)17-7-10-3-2-4-11(10)8-17/h5,10-11,13H,2-4,6-8,16H2,1H3. The number of nitrogens with zero attached hydrogens (tertiary/aromatic N) is 1. The van der Waals surface area contributed by atoms with Crippen LogP contribution in [0.2, 0.25) is 0 Å². The molecule has 0 spiro atoms. The maximum absolute atomic E-state index is 6.04. The van der Waals surface area contributed by atoms with Gasteiger partial charge in [0.05, 0.1) is 6.04 Å². The highest BCUT2D eigenvalue weighted by Crippen LogP contribution is 2.42. The van der Waals surface area contributed by atoms with E-state index in [0.29, 0.717) is 6.04 Å². The number of halogens is 1. The third kappa shape index (κ3) is 2.28. The molecule has 0 radical (unpaired) electrons. The zero-order valence-electron chi connectivity index (χ0n) is 10.9. The van der Waals surface area contributed by atoms with Crippen LogP contribution in [0.25, 0.3) is 0 Å². The molecule has 0 aromatic carbocycles. The van der Waals surface area contributed by atoms with Crippen molar-refractivity contribution in [3.8, 4) is 0 Å². The third-order valence-electron chi connectivity index (χ3n) is 4.62. The SMILES string of the molecule is Cc1sc(C(CN)N2CC3CCCC3C2)cc1Br. The van der Waals surface area contributed by atoms with E-state index in [-0.39, 0.29) is 0 Å². The van der Waals surface area contributed by atoms with Crippen molar-refractivity contribution in [2.24, 2.45) is 17.6 Å². The largest absolute Gasteiger partial charge is 0.329 e. The smallest absolute Gasteiger partial charge is 0.0565 e. The summed E-state index contributed by atoms with van der Waals surface area (Å²) in [6.07, 6.45) is 4.32. The van der Waals surface area contributed by atoms with E-state index in [2.05, 4.69) is 33.8 Å². The van der Waals surface area contributed by atoms with Gasteiger partial charge in [-0.15, -0.1) is 11.3 Å². The van der Waals surface area contributed by atoms with Crippen molar-refractivity contribution >= 4 is 27.3 Å². The van der Waals surface area contributed by atoms with Crippen molar-refractivity contribution in [3.05, 3.63) is 20.3 Å². The van der Waals surface area contributed by atoms with Crippen LogP contribution in [-0.2, 0) is 0 Å². The molecule has 3 rings (SSSR count). The molecular weight excluding hydrogens is 308 g/mol. The molecule has 2 heterocycles. The Morgan fingerprint density at radius 1 is 1.44 bits per heavy atom. The Bertz CT molecular complexity index is 400. The van der Waals surface area contributed by atoms with Gasteiger partial charge in [-0.3, -0.25) is 4.90 Å². The van der Waals surface area contributed by atoms with Crippen LogP contribution in [0.1, 0.15) is 35.1 Å². The Kier molecular flexibility index (Phi) is 3.81. The Hall–Kier alpha value is 0.100. The van der Waals surface area contributed by atoms with Gasteiger partial charge in [0.1, 0.15) is 0 Å². The maximum atomic E-state index is 6.04. The van der Waals surface area contributed by atoms with Gasteiger partial charge in [-0.05, 0) is 53.6 Å². The molecule has 0 amide bonds. The van der Waals surface area contributed by atoms with E-state index >= 15 is 0 Å². The molecule has 1 aliphatic carbocycles. The molecule has 3 atom stereocenters. The van der Waals surface area contributed by atoms with Crippen molar-refractivity contribution in [3.63, 3.8) is 0 Å². The highest BCUT2D eigenvalue weighted by Gasteiger charge is 2.39. The summed E-state index contributed by atoms with van der Waals surface area (Å²) in [5.74, 6) is 1.90. The van der Waals surface area contributed by atoms with E-state index in [9.17, 15) is 0 Å². The van der Waals surface area contributed by atoms with Gasteiger partial charge in [0.25, 0.3) is 0 Å². The second-order valence-electron chi connectivity index (χ2n) is 5.71. The monoisotopic (exact) mass is 328 g/mol. The van der Waals surface area contributed by atoms with Crippen LogP contribution >= 0.6 is 27.3 Å². The van der Waals surface area contributed by atoms with Gasteiger partial charge in [-0.2, -0.15) is 0 Å². The van der Waals surface area contributed by atoms with Crippen LogP contribution in [-0.4, -0.2) is 24.5 Å². The minimum Gasteiger partial charge on any atom is -0.329 e. The van der Waals surface area contributed by atoms with Crippen LogP contribution in [0.15, 0.2) is 10.5 Å². The van der Waals surface area contributed by atoms with Gasteiger partial charge in [0, 0.05) is 33.9 Å². The fourth-order valence-corrected chi connectivity index (χ4v) is 5.33. The highest BCUT2D eigenvalue weighted by atomic mass is 79.9. The Balaban J connectivity index is 1.77. The number of nitrogens with two attached hydrogens (primary N) is 1. The van der Waals surface area contributed by atoms with Gasteiger partial charge in [0.2, 0.25) is 0 Å². The fourth-order valence-electron chi connectivity index (χ4n) is 3.62. The zero-order chi connectivity index (χ0) is 12.7. The molecule has 1 saturated heterocycles. The van der Waals surface area contributed by atoms with Crippen LogP contribution in [0, 0.1) is 18.8 Å². The lowest BCUT2D eigenvalue weighted by atomic mass is 10.0. The summed E-state index contributed by atoms with van der Waals surface area (Å²) in [4.78, 5) is 5.43. The zero-order valence-corrected chi connectivity index (χ0v) is 13.3. The molecule has 1 aromatic heterocycles. The summed E-state index contributed by atoms with van der Waals surface area (Å²) in [5.41, 5.74) is 6.04. The molecule has 2 N–H and O–H groups in total. The first-order chi connectivity index (χ1) is 8.69. The van der Waals surface area contributed by atoms with Crippen LogP contribution < -0.4 is 5.73 Å². The van der Waals surface area contributed by atoms with Crippen LogP contribution in [0.5, 0.6) is 0 Å². The first kappa shape index (κ1) is 13.1. The van der Waals surface area contributed by atoms with Gasteiger partial charge < -0.3 is 5.73 Å². The summed E-state index contributed by atoms with van der Waals surface area (Å²) >= 11 is 5.52. The molecule has 1 aliphatic heterocycles. The fraction of sp³-hybridized carbons (Fsp3) is 0.714. The van der Waals surface area contributed by atoms with Crippen molar-refractivity contribution in [2.75, 3.05) is 19.6 Å². The average molecular weight is 329 g/mol. The van der Waals surface area contributed by atoms with Crippen molar-refractivity contribution < 1.29 is 0 Å². The quantitative estimate of drug-likeness (QED) is 0.919. The van der Waals surface area contributed by atoms with Crippen LogP contribution in [0.4, 0.5) is 0 Å². The average Bonchev–Trinajstić information content (AvgIpc) is 2.96. The number of fused-ring (bicyclic) bond motifs is 1. The summed E-state index contributed by atoms with van der Waals surface area (Å²) in [6.45, 7) is 5.44. The van der Waals surface area contributed by atoms with Gasteiger partial charge >= 0.3 is 0 Å². The molecule has 18 heavy (non-hydrogen) atoms. The lowest BCUT2D eigenvalue weighted by molar-refractivity contribution is 0.235. The summed E-state index contributed by atoms with van der Waals surface area (Å²) < 4.78 is 1.24. The van der Waals surface area contributed by atoms with Crippen molar-refractivity contribution in [2.45, 2.75) is 32.2 Å². The normalized spacial score (nSPS) is 29.7. The second kappa shape index (κ2) is 5.23. The number of likely N-dealkylation sites (tertiary alicyclic amines) is 1. The highest BCUT2D eigenvalue weighted by molar-refractivity contribution is 9.10. The summed E-state index contributed by atoms with van der Waals surface area (Å²) in [6, 6.07) is 2.71. The van der Waals surface area contributed by atoms with E-state index in [4.69, 9.17) is 5.73 Å². The number of hydrogen-bond donors (Lipinski definition) is 1. The predicted molar refractivity (Wildman–Crippen MR) is 81.0 cm³/mol. The lowest BCUT2D eigenvalue weighted by Crippen LogP contribution is -2.32. The Morgan fingerprint density at radius 2 is 2.11 bits per heavy atom. The van der Waals surface area contributed by atoms with Crippen molar-refractivity contribution in [1.29, 1.82) is 0 Å². The molecule has 4 heteroatoms. The van der Waals surface area contributed by atoms with E-state index in [1.807, 2.05) is 11.3 Å². The van der Waals surface area contributed by atoms with Gasteiger partial charge in [-0.1, -0.05) is 6.42 Å². The molecule has 100 valence electrons. The molecule has 2 nitrogen and oxygen atoms in total. The van der Waals surface area contributed by atoms with E-state index < -0.39 is 0 Å². The molecule has 2 aliphatic rings. The summed E-state index contributed by atoms with van der Waals surface area (Å²) in [5, 5.41) is 0.